The zero-order chi connectivity index (χ0) is 16.2. The average Bonchev–Trinajstić information content (AvgIpc) is 3.19. The van der Waals surface area contributed by atoms with Gasteiger partial charge in [-0.25, -0.2) is 4.98 Å². The van der Waals surface area contributed by atoms with Crippen LogP contribution in [0, 0.1) is 0 Å². The van der Waals surface area contributed by atoms with Crippen LogP contribution in [0.5, 0.6) is 0 Å². The van der Waals surface area contributed by atoms with E-state index in [1.165, 1.54) is 12.3 Å². The molecule has 0 bridgehead atoms. The molecule has 0 aliphatic rings. The molecule has 3 heterocycles. The first-order chi connectivity index (χ1) is 11.1. The number of amides is 1. The van der Waals surface area contributed by atoms with Crippen LogP contribution in [0.25, 0.3) is 11.5 Å². The number of H-pyrrole nitrogens is 1. The number of pyridine rings is 1. The summed E-state index contributed by atoms with van der Waals surface area (Å²) in [6.07, 6.45) is 6.68. The van der Waals surface area contributed by atoms with E-state index < -0.39 is 11.5 Å². The van der Waals surface area contributed by atoms with Crippen molar-refractivity contribution in [1.82, 2.24) is 19.9 Å². The summed E-state index contributed by atoms with van der Waals surface area (Å²) in [6, 6.07) is 6.47. The standard InChI is InChI=1S/C16H16N4O3/c1-11(9-20-7-6-17-10-20)18-15(21)12-4-5-13(19-16(12)22)14-3-2-8-23-14/h2-8,10-11H,9H2,1H3,(H,18,21)(H,19,22)/t11-/m0/s1. The Morgan fingerprint density at radius 2 is 2.30 bits per heavy atom. The summed E-state index contributed by atoms with van der Waals surface area (Å²) in [6.45, 7) is 2.44. The second-order valence-corrected chi connectivity index (χ2v) is 5.23. The zero-order valence-electron chi connectivity index (χ0n) is 12.5. The van der Waals surface area contributed by atoms with Gasteiger partial charge in [0.25, 0.3) is 11.5 Å². The van der Waals surface area contributed by atoms with Crippen molar-refractivity contribution >= 4 is 5.91 Å². The van der Waals surface area contributed by atoms with Crippen molar-refractivity contribution in [3.63, 3.8) is 0 Å². The predicted molar refractivity (Wildman–Crippen MR) is 83.9 cm³/mol. The molecule has 0 aromatic carbocycles. The van der Waals surface area contributed by atoms with Crippen LogP contribution < -0.4 is 10.9 Å². The fourth-order valence-corrected chi connectivity index (χ4v) is 2.29. The van der Waals surface area contributed by atoms with Crippen LogP contribution in [0.3, 0.4) is 0 Å². The van der Waals surface area contributed by atoms with Crippen LogP contribution in [0.15, 0.2) is 58.5 Å². The highest BCUT2D eigenvalue weighted by molar-refractivity contribution is 5.94. The van der Waals surface area contributed by atoms with Gasteiger partial charge >= 0.3 is 0 Å². The fourth-order valence-electron chi connectivity index (χ4n) is 2.29. The van der Waals surface area contributed by atoms with Gasteiger partial charge in [0.1, 0.15) is 11.3 Å². The van der Waals surface area contributed by atoms with Crippen LogP contribution in [-0.4, -0.2) is 26.5 Å². The fraction of sp³-hybridized carbons (Fsp3) is 0.188. The van der Waals surface area contributed by atoms with E-state index >= 15 is 0 Å². The largest absolute Gasteiger partial charge is 0.463 e. The summed E-state index contributed by atoms with van der Waals surface area (Å²) in [5.41, 5.74) is 0.145. The average molecular weight is 312 g/mol. The summed E-state index contributed by atoms with van der Waals surface area (Å²) >= 11 is 0. The van der Waals surface area contributed by atoms with E-state index in [9.17, 15) is 9.59 Å². The van der Waals surface area contributed by atoms with Crippen molar-refractivity contribution in [3.05, 3.63) is 65.2 Å². The van der Waals surface area contributed by atoms with Gasteiger partial charge < -0.3 is 19.3 Å². The first kappa shape index (κ1) is 14.8. The Hall–Kier alpha value is -3.09. The molecule has 0 aliphatic heterocycles. The lowest BCUT2D eigenvalue weighted by Gasteiger charge is -2.14. The highest BCUT2D eigenvalue weighted by Crippen LogP contribution is 2.15. The molecule has 23 heavy (non-hydrogen) atoms. The minimum atomic E-state index is -0.453. The molecule has 2 N–H and O–H groups in total. The quantitative estimate of drug-likeness (QED) is 0.749. The van der Waals surface area contributed by atoms with Crippen LogP contribution in [-0.2, 0) is 6.54 Å². The van der Waals surface area contributed by atoms with Gasteiger partial charge in [-0.15, -0.1) is 0 Å². The van der Waals surface area contributed by atoms with Crippen LogP contribution >= 0.6 is 0 Å². The van der Waals surface area contributed by atoms with Gasteiger partial charge in [-0.3, -0.25) is 9.59 Å². The minimum absolute atomic E-state index is 0.0674. The molecular weight excluding hydrogens is 296 g/mol. The molecule has 0 fully saturated rings. The van der Waals surface area contributed by atoms with Crippen LogP contribution in [0.2, 0.25) is 0 Å². The Morgan fingerprint density at radius 1 is 1.43 bits per heavy atom. The summed E-state index contributed by atoms with van der Waals surface area (Å²) < 4.78 is 7.08. The Bertz CT molecular complexity index is 835. The molecule has 1 atom stereocenters. The second kappa shape index (κ2) is 6.35. The summed E-state index contributed by atoms with van der Waals surface area (Å²) in [5.74, 6) is 0.132. The molecule has 3 rings (SSSR count). The second-order valence-electron chi connectivity index (χ2n) is 5.23. The third-order valence-electron chi connectivity index (χ3n) is 3.36. The number of carbonyl (C=O) groups is 1. The maximum Gasteiger partial charge on any atom is 0.261 e. The number of hydrogen-bond donors (Lipinski definition) is 2. The molecule has 0 saturated carbocycles. The van der Waals surface area contributed by atoms with E-state index in [1.54, 1.807) is 30.7 Å². The van der Waals surface area contributed by atoms with E-state index in [1.807, 2.05) is 17.7 Å². The number of nitrogens with zero attached hydrogens (tertiary/aromatic N) is 2. The van der Waals surface area contributed by atoms with Gasteiger partial charge in [0.2, 0.25) is 0 Å². The molecule has 1 amide bonds. The first-order valence-corrected chi connectivity index (χ1v) is 7.17. The van der Waals surface area contributed by atoms with E-state index in [-0.39, 0.29) is 11.6 Å². The van der Waals surface area contributed by atoms with E-state index in [0.717, 1.165) is 0 Å². The lowest BCUT2D eigenvalue weighted by Crippen LogP contribution is -2.38. The Balaban J connectivity index is 1.71. The number of carbonyl (C=O) groups excluding carboxylic acids is 1. The van der Waals surface area contributed by atoms with Crippen LogP contribution in [0.1, 0.15) is 17.3 Å². The molecular formula is C16H16N4O3. The maximum absolute atomic E-state index is 12.2. The number of furan rings is 1. The number of nitrogens with one attached hydrogen (secondary N) is 2. The number of hydrogen-bond acceptors (Lipinski definition) is 4. The molecule has 0 aliphatic carbocycles. The minimum Gasteiger partial charge on any atom is -0.463 e. The molecule has 0 spiro atoms. The van der Waals surface area contributed by atoms with Crippen molar-refractivity contribution in [2.24, 2.45) is 0 Å². The lowest BCUT2D eigenvalue weighted by molar-refractivity contribution is 0.0935. The third-order valence-corrected chi connectivity index (χ3v) is 3.36. The van der Waals surface area contributed by atoms with Gasteiger partial charge in [0.15, 0.2) is 0 Å². The van der Waals surface area contributed by atoms with Crippen molar-refractivity contribution in [2.75, 3.05) is 0 Å². The summed E-state index contributed by atoms with van der Waals surface area (Å²) in [4.78, 5) is 30.9. The zero-order valence-corrected chi connectivity index (χ0v) is 12.5. The maximum atomic E-state index is 12.2. The molecule has 7 heteroatoms. The van der Waals surface area contributed by atoms with Gasteiger partial charge in [-0.1, -0.05) is 0 Å². The van der Waals surface area contributed by atoms with Crippen molar-refractivity contribution in [1.29, 1.82) is 0 Å². The molecule has 3 aromatic rings. The van der Waals surface area contributed by atoms with Crippen molar-refractivity contribution < 1.29 is 9.21 Å². The molecule has 0 saturated heterocycles. The number of imidazole rings is 1. The van der Waals surface area contributed by atoms with Gasteiger partial charge in [0.05, 0.1) is 18.3 Å². The summed E-state index contributed by atoms with van der Waals surface area (Å²) in [7, 11) is 0. The number of aromatic amines is 1. The van der Waals surface area contributed by atoms with E-state index in [4.69, 9.17) is 4.42 Å². The molecule has 0 radical (unpaired) electrons. The third kappa shape index (κ3) is 3.39. The monoisotopic (exact) mass is 312 g/mol. The predicted octanol–water partition coefficient (Wildman–Crippen LogP) is 1.65. The Labute approximate surface area is 132 Å². The Kier molecular flexibility index (Phi) is 4.09. The molecule has 0 unspecified atom stereocenters. The molecule has 3 aromatic heterocycles. The van der Waals surface area contributed by atoms with Gasteiger partial charge in [-0.05, 0) is 31.2 Å². The van der Waals surface area contributed by atoms with Crippen LogP contribution in [0.4, 0.5) is 0 Å². The highest BCUT2D eigenvalue weighted by atomic mass is 16.3. The normalized spacial score (nSPS) is 12.0. The number of aromatic nitrogens is 3. The van der Waals surface area contributed by atoms with E-state index in [0.29, 0.717) is 18.0 Å². The van der Waals surface area contributed by atoms with Gasteiger partial charge in [-0.2, -0.15) is 0 Å². The van der Waals surface area contributed by atoms with E-state index in [2.05, 4.69) is 15.3 Å². The SMILES string of the molecule is C[C@@H](Cn1ccnc1)NC(=O)c1ccc(-c2ccco2)[nH]c1=O. The first-order valence-electron chi connectivity index (χ1n) is 7.17. The van der Waals surface area contributed by atoms with Gasteiger partial charge in [0, 0.05) is 25.0 Å². The topological polar surface area (TPSA) is 92.9 Å². The Morgan fingerprint density at radius 3 is 2.96 bits per heavy atom. The van der Waals surface area contributed by atoms with Crippen molar-refractivity contribution in [3.8, 4) is 11.5 Å². The van der Waals surface area contributed by atoms with Crippen molar-refractivity contribution in [2.45, 2.75) is 19.5 Å². The summed E-state index contributed by atoms with van der Waals surface area (Å²) in [5, 5.41) is 2.80. The smallest absolute Gasteiger partial charge is 0.261 e. The highest BCUT2D eigenvalue weighted by Gasteiger charge is 2.14. The molecule has 7 nitrogen and oxygen atoms in total. The molecule has 118 valence electrons. The number of rotatable bonds is 5. The lowest BCUT2D eigenvalue weighted by atomic mass is 10.2.